The van der Waals surface area contributed by atoms with Crippen LogP contribution in [0.2, 0.25) is 0 Å². The number of carboxylic acid groups (broad SMARTS) is 1. The van der Waals surface area contributed by atoms with E-state index in [0.717, 1.165) is 16.5 Å². The van der Waals surface area contributed by atoms with Crippen LogP contribution in [0.5, 0.6) is 0 Å². The van der Waals surface area contributed by atoms with E-state index in [1.54, 1.807) is 18.2 Å². The van der Waals surface area contributed by atoms with Crippen LogP contribution >= 0.6 is 11.8 Å². The molecule has 0 bridgehead atoms. The van der Waals surface area contributed by atoms with E-state index in [0.29, 0.717) is 11.3 Å². The lowest BCUT2D eigenvalue weighted by Gasteiger charge is -2.05. The quantitative estimate of drug-likeness (QED) is 0.856. The van der Waals surface area contributed by atoms with Gasteiger partial charge in [0.1, 0.15) is 11.6 Å². The van der Waals surface area contributed by atoms with Gasteiger partial charge in [-0.05, 0) is 19.1 Å². The summed E-state index contributed by atoms with van der Waals surface area (Å²) < 4.78 is 1.90. The minimum absolute atomic E-state index is 0.321. The fraction of sp³-hybridized carbons (Fsp3) is 0.250. The smallest absolute Gasteiger partial charge is 0.336 e. The molecule has 0 radical (unpaired) electrons. The number of carbonyl (C=O) groups is 1. The molecule has 94 valence electrons. The van der Waals surface area contributed by atoms with E-state index < -0.39 is 5.97 Å². The maximum atomic E-state index is 11.1. The number of hydrogen-bond donors (Lipinski definition) is 1. The van der Waals surface area contributed by atoms with Crippen molar-refractivity contribution in [3.63, 3.8) is 0 Å². The largest absolute Gasteiger partial charge is 0.478 e. The minimum atomic E-state index is -0.910. The Morgan fingerprint density at radius 3 is 2.72 bits per heavy atom. The molecule has 0 unspecified atom stereocenters. The average molecular weight is 263 g/mol. The Morgan fingerprint density at radius 2 is 2.11 bits per heavy atom. The third-order valence-corrected chi connectivity index (χ3v) is 3.73. The van der Waals surface area contributed by atoms with Gasteiger partial charge in [0, 0.05) is 11.9 Å². The summed E-state index contributed by atoms with van der Waals surface area (Å²) in [6, 6.07) is 6.96. The van der Waals surface area contributed by atoms with Crippen LogP contribution in [0.3, 0.4) is 0 Å². The van der Waals surface area contributed by atoms with Crippen molar-refractivity contribution in [1.29, 1.82) is 0 Å². The highest BCUT2D eigenvalue weighted by atomic mass is 32.2. The third kappa shape index (κ3) is 2.53. The van der Waals surface area contributed by atoms with E-state index in [9.17, 15) is 4.79 Å². The first-order valence-corrected chi connectivity index (χ1v) is 6.38. The molecule has 0 aliphatic rings. The van der Waals surface area contributed by atoms with Gasteiger partial charge in [0.25, 0.3) is 0 Å². The lowest BCUT2D eigenvalue weighted by atomic mass is 10.2. The second-order valence-corrected chi connectivity index (χ2v) is 4.83. The second kappa shape index (κ2) is 5.22. The summed E-state index contributed by atoms with van der Waals surface area (Å²) in [7, 11) is 1.90. The summed E-state index contributed by atoms with van der Waals surface area (Å²) in [5.74, 6) is 1.36. The van der Waals surface area contributed by atoms with E-state index in [1.165, 1.54) is 11.8 Å². The van der Waals surface area contributed by atoms with Crippen LogP contribution < -0.4 is 0 Å². The first-order valence-electron chi connectivity index (χ1n) is 5.39. The van der Waals surface area contributed by atoms with Crippen molar-refractivity contribution in [3.05, 3.63) is 41.5 Å². The molecule has 1 aromatic heterocycles. The molecule has 0 spiro atoms. The van der Waals surface area contributed by atoms with Gasteiger partial charge < -0.3 is 9.67 Å². The predicted octanol–water partition coefficient (Wildman–Crippen LogP) is 2.11. The van der Waals surface area contributed by atoms with Crippen molar-refractivity contribution in [2.75, 3.05) is 0 Å². The zero-order chi connectivity index (χ0) is 13.1. The molecule has 2 rings (SSSR count). The summed E-state index contributed by atoms with van der Waals surface area (Å²) in [5.41, 5.74) is 0.321. The topological polar surface area (TPSA) is 68.0 Å². The van der Waals surface area contributed by atoms with Gasteiger partial charge in [-0.2, -0.15) is 0 Å². The molecule has 0 amide bonds. The molecule has 6 heteroatoms. The van der Waals surface area contributed by atoms with Crippen LogP contribution in [0.4, 0.5) is 0 Å². The Labute approximate surface area is 109 Å². The molecule has 0 saturated carbocycles. The average Bonchev–Trinajstić information content (AvgIpc) is 2.68. The van der Waals surface area contributed by atoms with Gasteiger partial charge in [-0.3, -0.25) is 0 Å². The van der Waals surface area contributed by atoms with Gasteiger partial charge in [-0.1, -0.05) is 12.1 Å². The van der Waals surface area contributed by atoms with E-state index >= 15 is 0 Å². The number of aryl methyl sites for hydroxylation is 1. The van der Waals surface area contributed by atoms with Gasteiger partial charge in [-0.15, -0.1) is 22.0 Å². The highest BCUT2D eigenvalue weighted by Gasteiger charge is 2.11. The van der Waals surface area contributed by atoms with Crippen molar-refractivity contribution in [2.45, 2.75) is 17.6 Å². The van der Waals surface area contributed by atoms with E-state index in [-0.39, 0.29) is 0 Å². The molecule has 0 saturated heterocycles. The number of thioether (sulfide) groups is 1. The fourth-order valence-electron chi connectivity index (χ4n) is 1.49. The minimum Gasteiger partial charge on any atom is -0.478 e. The molecule has 5 nitrogen and oxygen atoms in total. The molecule has 2 aromatic rings. The molecular formula is C12H13N3O2S. The van der Waals surface area contributed by atoms with Gasteiger partial charge in [0.05, 0.1) is 11.3 Å². The number of carboxylic acids is 1. The molecule has 0 aliphatic carbocycles. The molecule has 0 atom stereocenters. The van der Waals surface area contributed by atoms with Crippen LogP contribution in [-0.4, -0.2) is 25.8 Å². The Hall–Kier alpha value is -1.82. The number of aromatic nitrogens is 3. The molecule has 18 heavy (non-hydrogen) atoms. The van der Waals surface area contributed by atoms with Crippen molar-refractivity contribution >= 4 is 17.7 Å². The SMILES string of the molecule is Cc1nnc(CSc2ccccc2C(=O)O)n1C. The lowest BCUT2D eigenvalue weighted by Crippen LogP contribution is -2.00. The Balaban J connectivity index is 2.16. The summed E-state index contributed by atoms with van der Waals surface area (Å²) in [5, 5.41) is 17.1. The van der Waals surface area contributed by atoms with Crippen LogP contribution in [0, 0.1) is 6.92 Å². The van der Waals surface area contributed by atoms with E-state index in [2.05, 4.69) is 10.2 Å². The standard InChI is InChI=1S/C12H13N3O2S/c1-8-13-14-11(15(8)2)7-18-10-6-4-3-5-9(10)12(16)17/h3-6H,7H2,1-2H3,(H,16,17). The summed E-state index contributed by atoms with van der Waals surface area (Å²) in [6.07, 6.45) is 0. The number of hydrogen-bond acceptors (Lipinski definition) is 4. The zero-order valence-electron chi connectivity index (χ0n) is 10.1. The van der Waals surface area contributed by atoms with Gasteiger partial charge in [0.15, 0.2) is 0 Å². The van der Waals surface area contributed by atoms with E-state index in [4.69, 9.17) is 5.11 Å². The number of aromatic carboxylic acids is 1. The Kier molecular flexibility index (Phi) is 3.66. The highest BCUT2D eigenvalue weighted by Crippen LogP contribution is 2.25. The van der Waals surface area contributed by atoms with Crippen LogP contribution in [0.1, 0.15) is 22.0 Å². The molecule has 1 aromatic carbocycles. The molecule has 1 heterocycles. The third-order valence-electron chi connectivity index (χ3n) is 2.66. The first-order chi connectivity index (χ1) is 8.59. The van der Waals surface area contributed by atoms with Crippen molar-refractivity contribution in [1.82, 2.24) is 14.8 Å². The first kappa shape index (κ1) is 12.6. The Bertz CT molecular complexity index is 580. The monoisotopic (exact) mass is 263 g/mol. The van der Waals surface area contributed by atoms with Crippen molar-refractivity contribution < 1.29 is 9.90 Å². The number of benzene rings is 1. The van der Waals surface area contributed by atoms with Crippen LogP contribution in [0.15, 0.2) is 29.2 Å². The van der Waals surface area contributed by atoms with Gasteiger partial charge in [0.2, 0.25) is 0 Å². The second-order valence-electron chi connectivity index (χ2n) is 3.81. The number of nitrogens with zero attached hydrogens (tertiary/aromatic N) is 3. The maximum Gasteiger partial charge on any atom is 0.336 e. The zero-order valence-corrected chi connectivity index (χ0v) is 10.9. The Morgan fingerprint density at radius 1 is 1.39 bits per heavy atom. The number of rotatable bonds is 4. The van der Waals surface area contributed by atoms with Crippen molar-refractivity contribution in [2.24, 2.45) is 7.05 Å². The molecule has 0 aliphatic heterocycles. The van der Waals surface area contributed by atoms with Crippen molar-refractivity contribution in [3.8, 4) is 0 Å². The normalized spacial score (nSPS) is 10.6. The highest BCUT2D eigenvalue weighted by molar-refractivity contribution is 7.98. The maximum absolute atomic E-state index is 11.1. The van der Waals surface area contributed by atoms with Crippen LogP contribution in [0.25, 0.3) is 0 Å². The van der Waals surface area contributed by atoms with E-state index in [1.807, 2.05) is 24.6 Å². The van der Waals surface area contributed by atoms with Gasteiger partial charge in [-0.25, -0.2) is 4.79 Å². The fourth-order valence-corrected chi connectivity index (χ4v) is 2.51. The lowest BCUT2D eigenvalue weighted by molar-refractivity contribution is 0.0693. The summed E-state index contributed by atoms with van der Waals surface area (Å²) >= 11 is 1.45. The van der Waals surface area contributed by atoms with Gasteiger partial charge >= 0.3 is 5.97 Å². The molecule has 1 N–H and O–H groups in total. The predicted molar refractivity (Wildman–Crippen MR) is 68.7 cm³/mol. The molecular weight excluding hydrogens is 250 g/mol. The summed E-state index contributed by atoms with van der Waals surface area (Å²) in [6.45, 7) is 1.88. The molecule has 0 fully saturated rings. The van der Waals surface area contributed by atoms with Crippen LogP contribution in [-0.2, 0) is 12.8 Å². The summed E-state index contributed by atoms with van der Waals surface area (Å²) in [4.78, 5) is 11.8.